The number of carbonyl (C=O) groups excluding carboxylic acids is 1. The van der Waals surface area contributed by atoms with Gasteiger partial charge in [0.1, 0.15) is 0 Å². The molecule has 1 aliphatic rings. The number of hydrogen-bond donors (Lipinski definition) is 2. The second-order valence-corrected chi connectivity index (χ2v) is 6.13. The second-order valence-electron chi connectivity index (χ2n) is 6.13. The van der Waals surface area contributed by atoms with Crippen molar-refractivity contribution >= 4 is 11.6 Å². The topological polar surface area (TPSA) is 55.1 Å². The number of amides is 1. The maximum atomic E-state index is 11.6. The fourth-order valence-electron chi connectivity index (χ4n) is 2.96. The van der Waals surface area contributed by atoms with Gasteiger partial charge in [-0.25, -0.2) is 0 Å². The van der Waals surface area contributed by atoms with Gasteiger partial charge >= 0.3 is 0 Å². The van der Waals surface area contributed by atoms with Gasteiger partial charge in [0.05, 0.1) is 0 Å². The van der Waals surface area contributed by atoms with Gasteiger partial charge < -0.3 is 11.1 Å². The Morgan fingerprint density at radius 2 is 2.00 bits per heavy atom. The first-order valence-electron chi connectivity index (χ1n) is 8.39. The van der Waals surface area contributed by atoms with Crippen molar-refractivity contribution in [3.63, 3.8) is 0 Å². The summed E-state index contributed by atoms with van der Waals surface area (Å²) in [4.78, 5) is 11.6. The minimum Gasteiger partial charge on any atom is -0.326 e. The number of unbranched alkanes of at least 4 members (excludes halogenated alkanes) is 4. The minimum atomic E-state index is 0.121. The van der Waals surface area contributed by atoms with Crippen LogP contribution < -0.4 is 11.1 Å². The molecule has 0 saturated heterocycles. The van der Waals surface area contributed by atoms with Gasteiger partial charge in [0, 0.05) is 18.2 Å². The third-order valence-electron chi connectivity index (χ3n) is 4.30. The summed E-state index contributed by atoms with van der Waals surface area (Å²) in [7, 11) is 0. The first kappa shape index (κ1) is 16.0. The van der Waals surface area contributed by atoms with Crippen LogP contribution in [0.15, 0.2) is 18.2 Å². The lowest BCUT2D eigenvalue weighted by atomic mass is 9.97. The highest BCUT2D eigenvalue weighted by Gasteiger charge is 2.14. The van der Waals surface area contributed by atoms with Crippen LogP contribution in [0.5, 0.6) is 0 Å². The molecule has 0 bridgehead atoms. The number of rotatable bonds is 7. The average Bonchev–Trinajstić information content (AvgIpc) is 2.66. The summed E-state index contributed by atoms with van der Waals surface area (Å²) in [5.41, 5.74) is 9.74. The van der Waals surface area contributed by atoms with E-state index in [9.17, 15) is 4.79 Å². The van der Waals surface area contributed by atoms with Gasteiger partial charge in [0.15, 0.2) is 0 Å². The van der Waals surface area contributed by atoms with Crippen molar-refractivity contribution in [1.29, 1.82) is 0 Å². The SMILES string of the molecule is CCCCCCCC(N)c1ccc2c(c1)CCCC(=O)N2. The van der Waals surface area contributed by atoms with Crippen molar-refractivity contribution in [2.45, 2.75) is 70.8 Å². The molecule has 1 amide bonds. The Labute approximate surface area is 128 Å². The lowest BCUT2D eigenvalue weighted by Gasteiger charge is -2.15. The zero-order valence-corrected chi connectivity index (χ0v) is 13.2. The summed E-state index contributed by atoms with van der Waals surface area (Å²) in [6, 6.07) is 6.40. The maximum Gasteiger partial charge on any atom is 0.224 e. The second kappa shape index (κ2) is 8.18. The molecule has 1 heterocycles. The first-order valence-corrected chi connectivity index (χ1v) is 8.39. The van der Waals surface area contributed by atoms with Gasteiger partial charge in [0.2, 0.25) is 5.91 Å². The Hall–Kier alpha value is -1.35. The quantitative estimate of drug-likeness (QED) is 0.734. The number of nitrogens with two attached hydrogens (primary N) is 1. The molecular formula is C18H28N2O. The van der Waals surface area contributed by atoms with Crippen molar-refractivity contribution in [2.24, 2.45) is 5.73 Å². The van der Waals surface area contributed by atoms with Gasteiger partial charge in [-0.2, -0.15) is 0 Å². The van der Waals surface area contributed by atoms with Gasteiger partial charge in [-0.1, -0.05) is 51.2 Å². The number of benzene rings is 1. The van der Waals surface area contributed by atoms with Crippen molar-refractivity contribution in [3.8, 4) is 0 Å². The van der Waals surface area contributed by atoms with Crippen molar-refractivity contribution in [1.82, 2.24) is 0 Å². The van der Waals surface area contributed by atoms with Crippen LogP contribution in [-0.4, -0.2) is 5.91 Å². The number of nitrogens with one attached hydrogen (secondary N) is 1. The molecule has 0 fully saturated rings. The molecule has 3 N–H and O–H groups in total. The van der Waals surface area contributed by atoms with E-state index in [1.165, 1.54) is 43.2 Å². The van der Waals surface area contributed by atoms with Crippen LogP contribution in [0.4, 0.5) is 5.69 Å². The van der Waals surface area contributed by atoms with Crippen LogP contribution in [0.3, 0.4) is 0 Å². The maximum absolute atomic E-state index is 11.6. The zero-order chi connectivity index (χ0) is 15.1. The normalized spacial score (nSPS) is 16.0. The van der Waals surface area contributed by atoms with Gasteiger partial charge in [-0.3, -0.25) is 4.79 Å². The van der Waals surface area contributed by atoms with E-state index in [-0.39, 0.29) is 11.9 Å². The fourth-order valence-corrected chi connectivity index (χ4v) is 2.96. The number of hydrogen-bond acceptors (Lipinski definition) is 2. The molecular weight excluding hydrogens is 260 g/mol. The number of fused-ring (bicyclic) bond motifs is 1. The summed E-state index contributed by atoms with van der Waals surface area (Å²) >= 11 is 0. The van der Waals surface area contributed by atoms with Crippen molar-refractivity contribution in [2.75, 3.05) is 5.32 Å². The Bertz CT molecular complexity index is 470. The largest absolute Gasteiger partial charge is 0.326 e. The molecule has 0 aliphatic carbocycles. The Morgan fingerprint density at radius 3 is 2.81 bits per heavy atom. The number of aryl methyl sites for hydroxylation is 1. The predicted molar refractivity (Wildman–Crippen MR) is 88.3 cm³/mol. The van der Waals surface area contributed by atoms with Crippen molar-refractivity contribution < 1.29 is 4.79 Å². The Kier molecular flexibility index (Phi) is 6.24. The van der Waals surface area contributed by atoms with E-state index in [0.29, 0.717) is 6.42 Å². The average molecular weight is 288 g/mol. The molecule has 1 unspecified atom stereocenters. The summed E-state index contributed by atoms with van der Waals surface area (Å²) in [6.07, 6.45) is 9.97. The number of carbonyl (C=O) groups is 1. The highest BCUT2D eigenvalue weighted by Crippen LogP contribution is 2.27. The first-order chi connectivity index (χ1) is 10.2. The molecule has 116 valence electrons. The van der Waals surface area contributed by atoms with Crippen LogP contribution in [0, 0.1) is 0 Å². The van der Waals surface area contributed by atoms with Crippen LogP contribution in [0.2, 0.25) is 0 Å². The summed E-state index contributed by atoms with van der Waals surface area (Å²) in [5, 5.41) is 2.98. The molecule has 1 aromatic carbocycles. The van der Waals surface area contributed by atoms with E-state index in [4.69, 9.17) is 5.73 Å². The van der Waals surface area contributed by atoms with Gasteiger partial charge in [0.25, 0.3) is 0 Å². The highest BCUT2D eigenvalue weighted by molar-refractivity contribution is 5.92. The molecule has 21 heavy (non-hydrogen) atoms. The minimum absolute atomic E-state index is 0.121. The Morgan fingerprint density at radius 1 is 1.19 bits per heavy atom. The molecule has 0 radical (unpaired) electrons. The summed E-state index contributed by atoms with van der Waals surface area (Å²) in [6.45, 7) is 2.24. The third-order valence-corrected chi connectivity index (χ3v) is 4.30. The number of anilines is 1. The molecule has 1 aliphatic heterocycles. The monoisotopic (exact) mass is 288 g/mol. The van der Waals surface area contributed by atoms with Crippen LogP contribution in [0.1, 0.15) is 75.5 Å². The van der Waals surface area contributed by atoms with E-state index < -0.39 is 0 Å². The van der Waals surface area contributed by atoms with E-state index in [0.717, 1.165) is 24.9 Å². The molecule has 3 nitrogen and oxygen atoms in total. The summed E-state index contributed by atoms with van der Waals surface area (Å²) < 4.78 is 0. The van der Waals surface area contributed by atoms with E-state index >= 15 is 0 Å². The highest BCUT2D eigenvalue weighted by atomic mass is 16.1. The van der Waals surface area contributed by atoms with Gasteiger partial charge in [-0.15, -0.1) is 0 Å². The molecule has 1 atom stereocenters. The molecule has 3 heteroatoms. The molecule has 0 aromatic heterocycles. The fraction of sp³-hybridized carbons (Fsp3) is 0.611. The standard InChI is InChI=1S/C18H28N2O/c1-2-3-4-5-6-9-16(19)14-11-12-17-15(13-14)8-7-10-18(21)20-17/h11-13,16H,2-10,19H2,1H3,(H,20,21). The van der Waals surface area contributed by atoms with Crippen LogP contribution in [0.25, 0.3) is 0 Å². The van der Waals surface area contributed by atoms with E-state index in [2.05, 4.69) is 24.4 Å². The lowest BCUT2D eigenvalue weighted by molar-refractivity contribution is -0.116. The third kappa shape index (κ3) is 4.85. The summed E-state index contributed by atoms with van der Waals surface area (Å²) in [5.74, 6) is 0.127. The van der Waals surface area contributed by atoms with E-state index in [1.807, 2.05) is 6.07 Å². The Balaban J connectivity index is 1.91. The predicted octanol–water partition coefficient (Wildman–Crippen LogP) is 4.32. The van der Waals surface area contributed by atoms with Crippen molar-refractivity contribution in [3.05, 3.63) is 29.3 Å². The van der Waals surface area contributed by atoms with Gasteiger partial charge in [-0.05, 0) is 36.5 Å². The van der Waals surface area contributed by atoms with E-state index in [1.54, 1.807) is 0 Å². The lowest BCUT2D eigenvalue weighted by Crippen LogP contribution is -2.12. The van der Waals surface area contributed by atoms with Crippen LogP contribution >= 0.6 is 0 Å². The molecule has 2 rings (SSSR count). The van der Waals surface area contributed by atoms with Crippen LogP contribution in [-0.2, 0) is 11.2 Å². The molecule has 0 saturated carbocycles. The smallest absolute Gasteiger partial charge is 0.224 e. The molecule has 0 spiro atoms. The zero-order valence-electron chi connectivity index (χ0n) is 13.2. The molecule has 1 aromatic rings.